The standard InChI is InChI=1S/C23H22N4O/c28-23(19-3-5-21-17(15-19)7-13-26(21)24-9-1-10-24)20-4-6-22-18(16-20)8-14-27(22)25-11-2-12-25/h3-8,13-16H,1-2,9-12H2. The van der Waals surface area contributed by atoms with Crippen molar-refractivity contribution in [3.05, 3.63) is 72.1 Å². The molecular weight excluding hydrogens is 348 g/mol. The highest BCUT2D eigenvalue weighted by molar-refractivity contribution is 6.12. The second-order valence-electron chi connectivity index (χ2n) is 7.81. The SMILES string of the molecule is O=C(c1ccc2c(ccn2N2CCC2)c1)c1ccc2c(ccn2N2CCC2)c1. The molecule has 2 saturated heterocycles. The van der Waals surface area contributed by atoms with Crippen molar-refractivity contribution in [1.82, 2.24) is 9.35 Å². The third-order valence-electron chi connectivity index (χ3n) is 6.14. The van der Waals surface area contributed by atoms with Gasteiger partial charge in [0, 0.05) is 60.5 Å². The molecule has 0 atom stereocenters. The van der Waals surface area contributed by atoms with Crippen molar-refractivity contribution in [2.45, 2.75) is 12.8 Å². The van der Waals surface area contributed by atoms with Crippen LogP contribution in [0.2, 0.25) is 0 Å². The third-order valence-corrected chi connectivity index (χ3v) is 6.14. The Morgan fingerprint density at radius 2 is 1.11 bits per heavy atom. The lowest BCUT2D eigenvalue weighted by atomic mass is 10.0. The van der Waals surface area contributed by atoms with Crippen molar-refractivity contribution >= 4 is 27.6 Å². The number of carbonyl (C=O) groups is 1. The van der Waals surface area contributed by atoms with Crippen molar-refractivity contribution in [3.8, 4) is 0 Å². The van der Waals surface area contributed by atoms with E-state index < -0.39 is 0 Å². The normalized spacial score (nSPS) is 16.4. The van der Waals surface area contributed by atoms with E-state index >= 15 is 0 Å². The molecule has 140 valence electrons. The van der Waals surface area contributed by atoms with E-state index in [-0.39, 0.29) is 5.78 Å². The van der Waals surface area contributed by atoms with Crippen LogP contribution in [0.3, 0.4) is 0 Å². The van der Waals surface area contributed by atoms with E-state index in [4.69, 9.17) is 0 Å². The first-order chi connectivity index (χ1) is 13.8. The lowest BCUT2D eigenvalue weighted by molar-refractivity contribution is 0.103. The molecule has 2 fully saturated rings. The van der Waals surface area contributed by atoms with E-state index in [2.05, 4.69) is 56.0 Å². The average molecular weight is 370 g/mol. The minimum atomic E-state index is 0.0807. The molecule has 0 unspecified atom stereocenters. The zero-order chi connectivity index (χ0) is 18.7. The van der Waals surface area contributed by atoms with Gasteiger partial charge in [0.25, 0.3) is 0 Å². The third kappa shape index (κ3) is 2.29. The Hall–Kier alpha value is -3.21. The Balaban J connectivity index is 1.34. The maximum atomic E-state index is 13.1. The monoisotopic (exact) mass is 370 g/mol. The van der Waals surface area contributed by atoms with Crippen molar-refractivity contribution in [1.29, 1.82) is 0 Å². The molecular formula is C23H22N4O. The molecule has 5 heteroatoms. The van der Waals surface area contributed by atoms with Gasteiger partial charge in [-0.05, 0) is 61.4 Å². The van der Waals surface area contributed by atoms with Gasteiger partial charge < -0.3 is 10.0 Å². The molecule has 6 rings (SSSR count). The van der Waals surface area contributed by atoms with Gasteiger partial charge in [0.1, 0.15) is 0 Å². The van der Waals surface area contributed by atoms with Crippen LogP contribution in [-0.4, -0.2) is 41.3 Å². The molecule has 28 heavy (non-hydrogen) atoms. The lowest BCUT2D eigenvalue weighted by Crippen LogP contribution is -2.45. The molecule has 0 saturated carbocycles. The Kier molecular flexibility index (Phi) is 3.33. The summed E-state index contributed by atoms with van der Waals surface area (Å²) in [6.07, 6.45) is 6.70. The summed E-state index contributed by atoms with van der Waals surface area (Å²) in [4.78, 5) is 13.1. The summed E-state index contributed by atoms with van der Waals surface area (Å²) in [5, 5.41) is 6.87. The van der Waals surface area contributed by atoms with Gasteiger partial charge in [-0.2, -0.15) is 0 Å². The highest BCUT2D eigenvalue weighted by atomic mass is 16.1. The van der Waals surface area contributed by atoms with Gasteiger partial charge in [-0.15, -0.1) is 0 Å². The highest BCUT2D eigenvalue weighted by Crippen LogP contribution is 2.24. The van der Waals surface area contributed by atoms with Crippen LogP contribution < -0.4 is 10.0 Å². The fourth-order valence-corrected chi connectivity index (χ4v) is 4.23. The topological polar surface area (TPSA) is 33.4 Å². The molecule has 0 bridgehead atoms. The Morgan fingerprint density at radius 1 is 0.643 bits per heavy atom. The molecule has 0 amide bonds. The Labute approximate surface area is 163 Å². The molecule has 0 N–H and O–H groups in total. The highest BCUT2D eigenvalue weighted by Gasteiger charge is 2.19. The van der Waals surface area contributed by atoms with E-state index in [1.807, 2.05) is 24.3 Å². The Morgan fingerprint density at radius 3 is 1.50 bits per heavy atom. The molecule has 0 aliphatic carbocycles. The summed E-state index contributed by atoms with van der Waals surface area (Å²) >= 11 is 0. The second kappa shape index (κ2) is 5.89. The smallest absolute Gasteiger partial charge is 0.193 e. The molecule has 0 spiro atoms. The number of ketones is 1. The predicted octanol–water partition coefficient (Wildman–Crippen LogP) is 3.51. The zero-order valence-corrected chi connectivity index (χ0v) is 15.7. The minimum Gasteiger partial charge on any atom is -0.313 e. The number of fused-ring (bicyclic) bond motifs is 2. The second-order valence-corrected chi connectivity index (χ2v) is 7.81. The number of rotatable bonds is 4. The summed E-state index contributed by atoms with van der Waals surface area (Å²) in [6, 6.07) is 16.3. The van der Waals surface area contributed by atoms with E-state index in [9.17, 15) is 4.79 Å². The largest absolute Gasteiger partial charge is 0.313 e. The van der Waals surface area contributed by atoms with Crippen LogP contribution in [0.4, 0.5) is 0 Å². The van der Waals surface area contributed by atoms with E-state index in [0.29, 0.717) is 0 Å². The van der Waals surface area contributed by atoms with Gasteiger partial charge in [-0.3, -0.25) is 14.1 Å². The van der Waals surface area contributed by atoms with Crippen molar-refractivity contribution in [2.75, 3.05) is 36.2 Å². The van der Waals surface area contributed by atoms with Gasteiger partial charge in [-0.1, -0.05) is 0 Å². The van der Waals surface area contributed by atoms with E-state index in [1.165, 1.54) is 23.9 Å². The number of benzene rings is 2. The first-order valence-electron chi connectivity index (χ1n) is 10.1. The molecule has 2 aromatic heterocycles. The van der Waals surface area contributed by atoms with Crippen LogP contribution in [0.5, 0.6) is 0 Å². The first kappa shape index (κ1) is 15.8. The van der Waals surface area contributed by atoms with Gasteiger partial charge in [0.05, 0.1) is 11.0 Å². The van der Waals surface area contributed by atoms with E-state index in [0.717, 1.165) is 48.1 Å². The summed E-state index contributed by atoms with van der Waals surface area (Å²) in [5.41, 5.74) is 3.82. The van der Waals surface area contributed by atoms with E-state index in [1.54, 1.807) is 0 Å². The molecule has 0 radical (unpaired) electrons. The van der Waals surface area contributed by atoms with Crippen molar-refractivity contribution < 1.29 is 4.79 Å². The van der Waals surface area contributed by atoms with Crippen LogP contribution in [0.25, 0.3) is 21.8 Å². The fourth-order valence-electron chi connectivity index (χ4n) is 4.23. The van der Waals surface area contributed by atoms with Crippen LogP contribution >= 0.6 is 0 Å². The number of hydrogen-bond donors (Lipinski definition) is 0. The van der Waals surface area contributed by atoms with Crippen LogP contribution in [0.15, 0.2) is 60.9 Å². The molecule has 2 aliphatic heterocycles. The lowest BCUT2D eigenvalue weighted by Gasteiger charge is -2.34. The summed E-state index contributed by atoms with van der Waals surface area (Å²) in [6.45, 7) is 4.40. The maximum Gasteiger partial charge on any atom is 0.193 e. The minimum absolute atomic E-state index is 0.0807. The summed E-state index contributed by atoms with van der Waals surface area (Å²) in [7, 11) is 0. The number of aromatic nitrogens is 2. The van der Waals surface area contributed by atoms with Crippen molar-refractivity contribution in [3.63, 3.8) is 0 Å². The maximum absolute atomic E-state index is 13.1. The fraction of sp³-hybridized carbons (Fsp3) is 0.261. The zero-order valence-electron chi connectivity index (χ0n) is 15.7. The van der Waals surface area contributed by atoms with Gasteiger partial charge in [0.15, 0.2) is 5.78 Å². The van der Waals surface area contributed by atoms with Gasteiger partial charge >= 0.3 is 0 Å². The molecule has 4 aromatic rings. The number of carbonyl (C=O) groups excluding carboxylic acids is 1. The van der Waals surface area contributed by atoms with Gasteiger partial charge in [0.2, 0.25) is 0 Å². The molecule has 2 aromatic carbocycles. The average Bonchev–Trinajstić information content (AvgIpc) is 3.22. The van der Waals surface area contributed by atoms with Gasteiger partial charge in [-0.25, -0.2) is 0 Å². The van der Waals surface area contributed by atoms with Crippen LogP contribution in [-0.2, 0) is 0 Å². The quantitative estimate of drug-likeness (QED) is 0.516. The molecule has 2 aliphatic rings. The Bertz CT molecular complexity index is 1120. The van der Waals surface area contributed by atoms with Crippen molar-refractivity contribution in [2.24, 2.45) is 0 Å². The predicted molar refractivity (Wildman–Crippen MR) is 112 cm³/mol. The number of hydrogen-bond acceptors (Lipinski definition) is 3. The first-order valence-corrected chi connectivity index (χ1v) is 10.1. The molecule has 5 nitrogen and oxygen atoms in total. The molecule has 4 heterocycles. The van der Waals surface area contributed by atoms with Crippen LogP contribution in [0.1, 0.15) is 28.8 Å². The summed E-state index contributed by atoms with van der Waals surface area (Å²) < 4.78 is 4.41. The summed E-state index contributed by atoms with van der Waals surface area (Å²) in [5.74, 6) is 0.0807. The van der Waals surface area contributed by atoms with Crippen LogP contribution in [0, 0.1) is 0 Å². The number of nitrogens with zero attached hydrogens (tertiary/aromatic N) is 4.